The summed E-state index contributed by atoms with van der Waals surface area (Å²) in [7, 11) is 0. The zero-order chi connectivity index (χ0) is 13.1. The molecule has 1 amide bonds. The lowest BCUT2D eigenvalue weighted by molar-refractivity contribution is -0.115. The molecule has 94 valence electrons. The lowest BCUT2D eigenvalue weighted by Gasteiger charge is -2.01. The van der Waals surface area contributed by atoms with Crippen molar-refractivity contribution in [2.24, 2.45) is 0 Å². The molecular weight excluding hydrogens is 336 g/mol. The van der Waals surface area contributed by atoms with Crippen molar-refractivity contribution in [3.05, 3.63) is 34.1 Å². The Kier molecular flexibility index (Phi) is 4.37. The van der Waals surface area contributed by atoms with E-state index in [1.807, 2.05) is 29.6 Å². The van der Waals surface area contributed by atoms with Crippen LogP contribution in [0.2, 0.25) is 0 Å². The summed E-state index contributed by atoms with van der Waals surface area (Å²) in [6, 6.07) is 7.84. The number of hydrogen-bond acceptors (Lipinski definition) is 3. The first-order valence-electron chi connectivity index (χ1n) is 5.22. The van der Waals surface area contributed by atoms with E-state index in [2.05, 4.69) is 26.2 Å². The van der Waals surface area contributed by atoms with Crippen molar-refractivity contribution < 1.29 is 4.79 Å². The number of amides is 1. The maximum atomic E-state index is 11.4. The average Bonchev–Trinajstić information content (AvgIpc) is 2.78. The van der Waals surface area contributed by atoms with Crippen molar-refractivity contribution in [2.45, 2.75) is 12.3 Å². The Hall–Kier alpha value is -0.910. The molecule has 2 aromatic rings. The number of hydrogen-bond donors (Lipinski definition) is 1. The molecule has 0 aliphatic rings. The molecule has 1 aromatic carbocycles. The monoisotopic (exact) mass is 344 g/mol. The molecule has 0 radical (unpaired) electrons. The van der Waals surface area contributed by atoms with E-state index >= 15 is 0 Å². The van der Waals surface area contributed by atoms with Crippen LogP contribution in [0.1, 0.15) is 6.92 Å². The van der Waals surface area contributed by atoms with E-state index in [4.69, 9.17) is 11.6 Å². The maximum absolute atomic E-state index is 11.4. The molecule has 1 unspecified atom stereocenters. The third-order valence-corrected chi connectivity index (χ3v) is 3.72. The lowest BCUT2D eigenvalue weighted by atomic mass is 10.2. The van der Waals surface area contributed by atoms with E-state index in [1.165, 1.54) is 11.3 Å². The molecule has 0 saturated heterocycles. The molecule has 1 atom stereocenters. The fourth-order valence-electron chi connectivity index (χ4n) is 1.29. The van der Waals surface area contributed by atoms with Crippen LogP contribution in [-0.4, -0.2) is 16.3 Å². The van der Waals surface area contributed by atoms with E-state index in [0.717, 1.165) is 15.7 Å². The third kappa shape index (κ3) is 3.31. The van der Waals surface area contributed by atoms with Crippen LogP contribution in [0.5, 0.6) is 0 Å². The smallest absolute Gasteiger partial charge is 0.243 e. The summed E-state index contributed by atoms with van der Waals surface area (Å²) >= 11 is 10.4. The van der Waals surface area contributed by atoms with Crippen molar-refractivity contribution >= 4 is 49.9 Å². The maximum Gasteiger partial charge on any atom is 0.243 e. The highest BCUT2D eigenvalue weighted by Gasteiger charge is 2.12. The van der Waals surface area contributed by atoms with Crippen LogP contribution < -0.4 is 5.32 Å². The molecule has 0 bridgehead atoms. The molecule has 0 saturated carbocycles. The topological polar surface area (TPSA) is 42.0 Å². The lowest BCUT2D eigenvalue weighted by Crippen LogP contribution is -2.20. The first-order chi connectivity index (χ1) is 8.56. The number of halogens is 2. The van der Waals surface area contributed by atoms with Gasteiger partial charge in [-0.15, -0.1) is 22.9 Å². The fraction of sp³-hybridized carbons (Fsp3) is 0.167. The number of nitrogens with zero attached hydrogens (tertiary/aromatic N) is 1. The van der Waals surface area contributed by atoms with Gasteiger partial charge in [-0.25, -0.2) is 4.98 Å². The molecule has 1 aromatic heterocycles. The number of carbonyl (C=O) groups excluding carboxylic acids is 1. The van der Waals surface area contributed by atoms with E-state index in [9.17, 15) is 4.79 Å². The highest BCUT2D eigenvalue weighted by Crippen LogP contribution is 2.26. The number of anilines is 1. The third-order valence-electron chi connectivity index (χ3n) is 2.24. The van der Waals surface area contributed by atoms with Gasteiger partial charge in [0.2, 0.25) is 5.91 Å². The van der Waals surface area contributed by atoms with Crippen molar-refractivity contribution in [1.29, 1.82) is 0 Å². The van der Waals surface area contributed by atoms with Crippen LogP contribution in [0.4, 0.5) is 5.13 Å². The summed E-state index contributed by atoms with van der Waals surface area (Å²) in [5, 5.41) is 4.57. The zero-order valence-corrected chi connectivity index (χ0v) is 12.6. The summed E-state index contributed by atoms with van der Waals surface area (Å²) < 4.78 is 1.02. The molecule has 3 nitrogen and oxygen atoms in total. The van der Waals surface area contributed by atoms with Gasteiger partial charge in [0.15, 0.2) is 5.13 Å². The van der Waals surface area contributed by atoms with Gasteiger partial charge >= 0.3 is 0 Å². The SMILES string of the molecule is CC(Cl)C(=O)Nc1nc(-c2ccc(Br)cc2)cs1. The molecule has 1 heterocycles. The van der Waals surface area contributed by atoms with Crippen molar-refractivity contribution in [3.63, 3.8) is 0 Å². The Balaban J connectivity index is 2.15. The van der Waals surface area contributed by atoms with Crippen LogP contribution in [0, 0.1) is 0 Å². The standard InChI is InChI=1S/C12H10BrClN2OS/c1-7(14)11(17)16-12-15-10(6-18-12)8-2-4-9(13)5-3-8/h2-7H,1H3,(H,15,16,17). The highest BCUT2D eigenvalue weighted by atomic mass is 79.9. The largest absolute Gasteiger partial charge is 0.301 e. The van der Waals surface area contributed by atoms with Crippen LogP contribution in [0.25, 0.3) is 11.3 Å². The summed E-state index contributed by atoms with van der Waals surface area (Å²) in [4.78, 5) is 15.8. The number of benzene rings is 1. The number of alkyl halides is 1. The molecular formula is C12H10BrClN2OS. The Morgan fingerprint density at radius 1 is 1.44 bits per heavy atom. The van der Waals surface area contributed by atoms with Gasteiger partial charge in [-0.2, -0.15) is 0 Å². The molecule has 0 aliphatic carbocycles. The van der Waals surface area contributed by atoms with Crippen molar-refractivity contribution in [1.82, 2.24) is 4.98 Å². The van der Waals surface area contributed by atoms with E-state index in [1.54, 1.807) is 6.92 Å². The number of aromatic nitrogens is 1. The molecule has 1 N–H and O–H groups in total. The Morgan fingerprint density at radius 2 is 2.11 bits per heavy atom. The molecule has 6 heteroatoms. The zero-order valence-electron chi connectivity index (χ0n) is 9.48. The van der Waals surface area contributed by atoms with E-state index in [0.29, 0.717) is 5.13 Å². The van der Waals surface area contributed by atoms with Crippen LogP contribution in [0.15, 0.2) is 34.1 Å². The first kappa shape index (κ1) is 13.5. The molecule has 18 heavy (non-hydrogen) atoms. The second-order valence-electron chi connectivity index (χ2n) is 3.65. The van der Waals surface area contributed by atoms with Gasteiger partial charge in [-0.3, -0.25) is 4.79 Å². The number of nitrogens with one attached hydrogen (secondary N) is 1. The summed E-state index contributed by atoms with van der Waals surface area (Å²) in [5.41, 5.74) is 1.85. The second-order valence-corrected chi connectivity index (χ2v) is 6.08. The van der Waals surface area contributed by atoms with Gasteiger partial charge in [0.1, 0.15) is 5.38 Å². The Labute approximate surface area is 122 Å². The quantitative estimate of drug-likeness (QED) is 0.850. The summed E-state index contributed by atoms with van der Waals surface area (Å²) in [6.07, 6.45) is 0. The predicted octanol–water partition coefficient (Wildman–Crippen LogP) is 4.14. The van der Waals surface area contributed by atoms with Crippen molar-refractivity contribution in [3.8, 4) is 11.3 Å². The molecule has 2 rings (SSSR count). The number of rotatable bonds is 3. The van der Waals surface area contributed by atoms with Crippen LogP contribution in [0.3, 0.4) is 0 Å². The van der Waals surface area contributed by atoms with Gasteiger partial charge in [0.05, 0.1) is 5.69 Å². The van der Waals surface area contributed by atoms with E-state index in [-0.39, 0.29) is 5.91 Å². The number of carbonyl (C=O) groups is 1. The average molecular weight is 346 g/mol. The highest BCUT2D eigenvalue weighted by molar-refractivity contribution is 9.10. The Bertz CT molecular complexity index is 553. The fourth-order valence-corrected chi connectivity index (χ4v) is 2.33. The first-order valence-corrected chi connectivity index (χ1v) is 7.33. The van der Waals surface area contributed by atoms with Gasteiger partial charge in [-0.1, -0.05) is 28.1 Å². The summed E-state index contributed by atoms with van der Waals surface area (Å²) in [6.45, 7) is 1.63. The molecule has 0 aliphatic heterocycles. The van der Waals surface area contributed by atoms with Crippen LogP contribution in [-0.2, 0) is 4.79 Å². The van der Waals surface area contributed by atoms with Gasteiger partial charge < -0.3 is 5.32 Å². The Morgan fingerprint density at radius 3 is 2.72 bits per heavy atom. The number of thiazole rings is 1. The van der Waals surface area contributed by atoms with Gasteiger partial charge in [0.25, 0.3) is 0 Å². The van der Waals surface area contributed by atoms with Gasteiger partial charge in [0, 0.05) is 15.4 Å². The normalized spacial score (nSPS) is 12.2. The minimum atomic E-state index is -0.565. The minimum absolute atomic E-state index is 0.242. The minimum Gasteiger partial charge on any atom is -0.301 e. The van der Waals surface area contributed by atoms with Gasteiger partial charge in [-0.05, 0) is 19.1 Å². The van der Waals surface area contributed by atoms with Crippen molar-refractivity contribution in [2.75, 3.05) is 5.32 Å². The molecule has 0 fully saturated rings. The van der Waals surface area contributed by atoms with Crippen LogP contribution >= 0.6 is 38.9 Å². The summed E-state index contributed by atoms with van der Waals surface area (Å²) in [5.74, 6) is -0.242. The second kappa shape index (κ2) is 5.82. The molecule has 0 spiro atoms. The van der Waals surface area contributed by atoms with E-state index < -0.39 is 5.38 Å². The predicted molar refractivity (Wildman–Crippen MR) is 79.2 cm³/mol.